The summed E-state index contributed by atoms with van der Waals surface area (Å²) in [6.07, 6.45) is 0. The Kier molecular flexibility index (Phi) is 4.91. The molecule has 1 N–H and O–H groups in total. The minimum atomic E-state index is -1.11. The second-order valence-corrected chi connectivity index (χ2v) is 2.39. The van der Waals surface area contributed by atoms with Crippen LogP contribution in [0.1, 0.15) is 17.3 Å². The van der Waals surface area contributed by atoms with Crippen molar-refractivity contribution in [3.05, 3.63) is 29.8 Å². The molecule has 0 spiro atoms. The number of carboxylic acids is 1. The predicted molar refractivity (Wildman–Crippen MR) is 44.7 cm³/mol. The van der Waals surface area contributed by atoms with E-state index in [0.717, 1.165) is 0 Å². The topological polar surface area (TPSA) is 63.6 Å². The van der Waals surface area contributed by atoms with Gasteiger partial charge in [0.1, 0.15) is 11.3 Å². The number of esters is 1. The number of aromatic carboxylic acids is 1. The van der Waals surface area contributed by atoms with Crippen LogP contribution in [0.5, 0.6) is 5.75 Å². The van der Waals surface area contributed by atoms with Gasteiger partial charge in [-0.1, -0.05) is 12.1 Å². The van der Waals surface area contributed by atoms with Crippen molar-refractivity contribution in [1.82, 2.24) is 0 Å². The molecule has 14 heavy (non-hydrogen) atoms. The monoisotopic (exact) mass is 235 g/mol. The first-order valence-electron chi connectivity index (χ1n) is 3.62. The minimum absolute atomic E-state index is 0. The van der Waals surface area contributed by atoms with Crippen molar-refractivity contribution in [3.63, 3.8) is 0 Å². The number of para-hydroxylation sites is 1. The number of carboxylic acid groups (broad SMARTS) is 1. The minimum Gasteiger partial charge on any atom is -0.478 e. The van der Waals surface area contributed by atoms with Crippen molar-refractivity contribution in [2.45, 2.75) is 6.92 Å². The van der Waals surface area contributed by atoms with E-state index < -0.39 is 11.9 Å². The van der Waals surface area contributed by atoms with Gasteiger partial charge in [0.25, 0.3) is 0 Å². The van der Waals surface area contributed by atoms with Gasteiger partial charge in [-0.15, -0.1) is 0 Å². The third-order valence-electron chi connectivity index (χ3n) is 1.37. The number of benzene rings is 1. The average Bonchev–Trinajstić information content (AvgIpc) is 2.03. The average molecular weight is 235 g/mol. The molecule has 75 valence electrons. The Bertz CT molecular complexity index is 348. The molecule has 0 saturated heterocycles. The van der Waals surface area contributed by atoms with Crippen molar-refractivity contribution >= 4 is 11.9 Å². The third kappa shape index (κ3) is 3.20. The Morgan fingerprint density at radius 2 is 1.86 bits per heavy atom. The van der Waals surface area contributed by atoms with E-state index in [0.29, 0.717) is 0 Å². The molecule has 0 aliphatic rings. The second-order valence-electron chi connectivity index (χ2n) is 2.39. The molecule has 0 aliphatic heterocycles. The molecular weight excluding hydrogens is 227 g/mol. The van der Waals surface area contributed by atoms with Gasteiger partial charge in [-0.3, -0.25) is 4.79 Å². The summed E-state index contributed by atoms with van der Waals surface area (Å²) in [5.74, 6) is -1.58. The van der Waals surface area contributed by atoms with Gasteiger partial charge >= 0.3 is 11.9 Å². The SMILES string of the molecule is CC(=O)Oc1ccccc1C(=O)O.[Mn]. The van der Waals surface area contributed by atoms with Gasteiger partial charge in [0.15, 0.2) is 0 Å². The van der Waals surface area contributed by atoms with Crippen molar-refractivity contribution in [1.29, 1.82) is 0 Å². The quantitative estimate of drug-likeness (QED) is 0.476. The molecular formula is C9H8MnO4. The molecule has 4 nitrogen and oxygen atoms in total. The van der Waals surface area contributed by atoms with Gasteiger partial charge < -0.3 is 9.84 Å². The largest absolute Gasteiger partial charge is 0.478 e. The maximum atomic E-state index is 10.6. The maximum absolute atomic E-state index is 10.6. The van der Waals surface area contributed by atoms with Crippen LogP contribution in [0, 0.1) is 0 Å². The van der Waals surface area contributed by atoms with E-state index in [9.17, 15) is 9.59 Å². The number of carbonyl (C=O) groups excluding carboxylic acids is 1. The Morgan fingerprint density at radius 3 is 2.36 bits per heavy atom. The molecule has 0 fully saturated rings. The number of hydrogen-bond acceptors (Lipinski definition) is 3. The zero-order valence-corrected chi connectivity index (χ0v) is 8.54. The molecule has 0 amide bonds. The number of rotatable bonds is 2. The summed E-state index contributed by atoms with van der Waals surface area (Å²) in [7, 11) is 0. The third-order valence-corrected chi connectivity index (χ3v) is 1.37. The standard InChI is InChI=1S/C9H8O4.Mn/c1-6(10)13-8-5-3-2-4-7(8)9(11)12;/h2-5H,1H3,(H,11,12);. The van der Waals surface area contributed by atoms with Gasteiger partial charge in [-0.05, 0) is 12.1 Å². The number of hydrogen-bond donors (Lipinski definition) is 1. The van der Waals surface area contributed by atoms with Crippen LogP contribution in [0.15, 0.2) is 24.3 Å². The molecule has 0 saturated carbocycles. The summed E-state index contributed by atoms with van der Waals surface area (Å²) >= 11 is 0. The Morgan fingerprint density at radius 1 is 1.29 bits per heavy atom. The molecule has 1 aromatic carbocycles. The molecule has 1 radical (unpaired) electrons. The molecule has 0 heterocycles. The molecule has 0 unspecified atom stereocenters. The molecule has 1 aromatic rings. The predicted octanol–water partition coefficient (Wildman–Crippen LogP) is 1.31. The van der Waals surface area contributed by atoms with Crippen LogP contribution in [0.3, 0.4) is 0 Å². The van der Waals surface area contributed by atoms with E-state index in [2.05, 4.69) is 4.74 Å². The van der Waals surface area contributed by atoms with Crippen LogP contribution in [0.2, 0.25) is 0 Å². The van der Waals surface area contributed by atoms with Gasteiger partial charge in [0, 0.05) is 24.0 Å². The molecule has 0 atom stereocenters. The summed E-state index contributed by atoms with van der Waals surface area (Å²) in [5.41, 5.74) is -0.0160. The first-order valence-corrected chi connectivity index (χ1v) is 3.62. The molecule has 0 aliphatic carbocycles. The van der Waals surface area contributed by atoms with E-state index in [1.807, 2.05) is 0 Å². The van der Waals surface area contributed by atoms with Crippen molar-refractivity contribution in [2.24, 2.45) is 0 Å². The summed E-state index contributed by atoms with van der Waals surface area (Å²) in [4.78, 5) is 21.2. The van der Waals surface area contributed by atoms with Crippen LogP contribution in [0.25, 0.3) is 0 Å². The van der Waals surface area contributed by atoms with Gasteiger partial charge in [-0.25, -0.2) is 4.79 Å². The van der Waals surface area contributed by atoms with E-state index in [1.54, 1.807) is 12.1 Å². The zero-order valence-electron chi connectivity index (χ0n) is 7.36. The first-order chi connectivity index (χ1) is 6.11. The zero-order chi connectivity index (χ0) is 9.84. The first kappa shape index (κ1) is 12.7. The van der Waals surface area contributed by atoms with E-state index in [-0.39, 0.29) is 28.4 Å². The second kappa shape index (κ2) is 5.42. The van der Waals surface area contributed by atoms with Crippen LogP contribution < -0.4 is 4.74 Å². The fourth-order valence-electron chi connectivity index (χ4n) is 0.887. The summed E-state index contributed by atoms with van der Waals surface area (Å²) in [6, 6.07) is 5.98. The Labute approximate surface area is 91.4 Å². The van der Waals surface area contributed by atoms with Crippen molar-refractivity contribution < 1.29 is 36.5 Å². The van der Waals surface area contributed by atoms with Crippen LogP contribution in [-0.4, -0.2) is 17.0 Å². The van der Waals surface area contributed by atoms with Crippen LogP contribution in [0.4, 0.5) is 0 Å². The van der Waals surface area contributed by atoms with E-state index >= 15 is 0 Å². The fourth-order valence-corrected chi connectivity index (χ4v) is 0.887. The van der Waals surface area contributed by atoms with Crippen LogP contribution >= 0.6 is 0 Å². The van der Waals surface area contributed by atoms with Gasteiger partial charge in [0.05, 0.1) is 0 Å². The smallest absolute Gasteiger partial charge is 0.339 e. The van der Waals surface area contributed by atoms with Gasteiger partial charge in [-0.2, -0.15) is 0 Å². The summed E-state index contributed by atoms with van der Waals surface area (Å²) < 4.78 is 4.69. The Balaban J connectivity index is 0.00000169. The summed E-state index contributed by atoms with van der Waals surface area (Å²) in [5, 5.41) is 8.69. The number of ether oxygens (including phenoxy) is 1. The molecule has 0 aromatic heterocycles. The molecule has 1 rings (SSSR count). The molecule has 5 heteroatoms. The van der Waals surface area contributed by atoms with Gasteiger partial charge in [0.2, 0.25) is 0 Å². The Hall–Kier alpha value is -1.32. The normalized spacial score (nSPS) is 8.64. The fraction of sp³-hybridized carbons (Fsp3) is 0.111. The van der Waals surface area contributed by atoms with Crippen LogP contribution in [-0.2, 0) is 21.9 Å². The maximum Gasteiger partial charge on any atom is 0.339 e. The van der Waals surface area contributed by atoms with Crippen molar-refractivity contribution in [2.75, 3.05) is 0 Å². The van der Waals surface area contributed by atoms with Crippen molar-refractivity contribution in [3.8, 4) is 5.75 Å². The van der Waals surface area contributed by atoms with E-state index in [1.165, 1.54) is 19.1 Å². The molecule has 0 bridgehead atoms. The van der Waals surface area contributed by atoms with E-state index in [4.69, 9.17) is 5.11 Å². The number of carbonyl (C=O) groups is 2. The summed E-state index contributed by atoms with van der Waals surface area (Å²) in [6.45, 7) is 1.22.